The predicted octanol–water partition coefficient (Wildman–Crippen LogP) is 4.42. The molecule has 3 rings (SSSR count). The lowest BCUT2D eigenvalue weighted by Crippen LogP contribution is -1.78. The summed E-state index contributed by atoms with van der Waals surface area (Å²) in [5.41, 5.74) is 2.62. The molecule has 3 aromatic rings. The van der Waals surface area contributed by atoms with Gasteiger partial charge in [-0.25, -0.2) is 4.98 Å². The highest BCUT2D eigenvalue weighted by Crippen LogP contribution is 2.28. The van der Waals surface area contributed by atoms with Crippen molar-refractivity contribution in [1.29, 1.82) is 5.26 Å². The lowest BCUT2D eigenvalue weighted by molar-refractivity contribution is 1.44. The van der Waals surface area contributed by atoms with Crippen molar-refractivity contribution in [3.05, 3.63) is 51.7 Å². The van der Waals surface area contributed by atoms with Gasteiger partial charge in [0, 0.05) is 0 Å². The lowest BCUT2D eigenvalue weighted by atomic mass is 10.2. The molecule has 0 unspecified atom stereocenters. The quantitative estimate of drug-likeness (QED) is 0.645. The van der Waals surface area contributed by atoms with Crippen LogP contribution in [0, 0.1) is 11.3 Å². The maximum atomic E-state index is 9.26. The number of nitrogens with zero attached hydrogens (tertiary/aromatic N) is 2. The van der Waals surface area contributed by atoms with E-state index < -0.39 is 0 Å². The lowest BCUT2D eigenvalue weighted by Gasteiger charge is -1.90. The van der Waals surface area contributed by atoms with Crippen molar-refractivity contribution < 1.29 is 0 Å². The van der Waals surface area contributed by atoms with Crippen LogP contribution in [0.15, 0.2) is 41.1 Å². The number of para-hydroxylation sites is 1. The van der Waals surface area contributed by atoms with E-state index >= 15 is 0 Å². The minimum Gasteiger partial charge on any atom is -0.235 e. The minimum atomic E-state index is 0.620. The summed E-state index contributed by atoms with van der Waals surface area (Å²) in [4.78, 5) is 4.50. The smallest absolute Gasteiger partial charge is 0.135 e. The van der Waals surface area contributed by atoms with Gasteiger partial charge in [-0.3, -0.25) is 0 Å². The Morgan fingerprint density at radius 2 is 2.17 bits per heavy atom. The molecule has 1 aromatic carbocycles. The van der Waals surface area contributed by atoms with Gasteiger partial charge < -0.3 is 0 Å². The molecule has 0 atom stereocenters. The molecule has 0 amide bonds. The molecule has 0 bridgehead atoms. The molecule has 0 aliphatic heterocycles. The van der Waals surface area contributed by atoms with E-state index in [0.717, 1.165) is 20.8 Å². The van der Waals surface area contributed by atoms with E-state index in [0.29, 0.717) is 5.57 Å². The second-order valence-electron chi connectivity index (χ2n) is 3.71. The summed E-state index contributed by atoms with van der Waals surface area (Å²) in [6.07, 6.45) is 1.88. The van der Waals surface area contributed by atoms with Crippen molar-refractivity contribution >= 4 is 44.5 Å². The Hall–Kier alpha value is -1.96. The van der Waals surface area contributed by atoms with Crippen LogP contribution in [0.25, 0.3) is 21.9 Å². The number of thiazole rings is 1. The molecule has 0 radical (unpaired) electrons. The van der Waals surface area contributed by atoms with Crippen LogP contribution in [0.5, 0.6) is 0 Å². The number of fused-ring (bicyclic) bond motifs is 1. The van der Waals surface area contributed by atoms with Crippen LogP contribution in [0.1, 0.15) is 10.6 Å². The summed E-state index contributed by atoms with van der Waals surface area (Å²) in [5, 5.41) is 14.1. The fourth-order valence-electron chi connectivity index (χ4n) is 1.65. The van der Waals surface area contributed by atoms with Crippen LogP contribution >= 0.6 is 22.7 Å². The summed E-state index contributed by atoms with van der Waals surface area (Å²) in [5.74, 6) is 0. The maximum absolute atomic E-state index is 9.26. The summed E-state index contributed by atoms with van der Waals surface area (Å²) >= 11 is 3.17. The zero-order valence-corrected chi connectivity index (χ0v) is 11.0. The van der Waals surface area contributed by atoms with Gasteiger partial charge in [0.15, 0.2) is 0 Å². The highest BCUT2D eigenvalue weighted by molar-refractivity contribution is 7.19. The first kappa shape index (κ1) is 11.1. The zero-order valence-electron chi connectivity index (χ0n) is 9.33. The number of hydrogen-bond acceptors (Lipinski definition) is 4. The van der Waals surface area contributed by atoms with Gasteiger partial charge in [-0.2, -0.15) is 16.6 Å². The monoisotopic (exact) mass is 268 g/mol. The van der Waals surface area contributed by atoms with Crippen molar-refractivity contribution in [2.45, 2.75) is 0 Å². The molecular formula is C14H8N2S2. The summed E-state index contributed by atoms with van der Waals surface area (Å²) in [6, 6.07) is 12.2. The molecule has 2 nitrogen and oxygen atoms in total. The van der Waals surface area contributed by atoms with Gasteiger partial charge in [0.25, 0.3) is 0 Å². The summed E-state index contributed by atoms with van der Waals surface area (Å²) in [7, 11) is 0. The highest BCUT2D eigenvalue weighted by Gasteiger charge is 2.08. The third-order valence-electron chi connectivity index (χ3n) is 2.50. The van der Waals surface area contributed by atoms with E-state index in [1.807, 2.05) is 47.2 Å². The topological polar surface area (TPSA) is 36.7 Å². The Morgan fingerprint density at radius 3 is 2.89 bits per heavy atom. The van der Waals surface area contributed by atoms with Gasteiger partial charge in [-0.05, 0) is 40.6 Å². The number of thiophene rings is 1. The van der Waals surface area contributed by atoms with E-state index in [4.69, 9.17) is 0 Å². The normalized spacial score (nSPS) is 11.6. The van der Waals surface area contributed by atoms with Crippen LogP contribution < -0.4 is 0 Å². The van der Waals surface area contributed by atoms with Gasteiger partial charge in [0.1, 0.15) is 11.1 Å². The van der Waals surface area contributed by atoms with Crippen molar-refractivity contribution in [2.24, 2.45) is 0 Å². The first-order chi connectivity index (χ1) is 8.86. The number of benzene rings is 1. The molecule has 0 saturated carbocycles. The number of allylic oxidation sites excluding steroid dienone is 1. The Bertz CT molecular complexity index is 713. The van der Waals surface area contributed by atoms with Gasteiger partial charge in [-0.1, -0.05) is 12.1 Å². The average Bonchev–Trinajstić information content (AvgIpc) is 3.04. The predicted molar refractivity (Wildman–Crippen MR) is 77.4 cm³/mol. The van der Waals surface area contributed by atoms with Crippen LogP contribution in [-0.4, -0.2) is 4.98 Å². The van der Waals surface area contributed by atoms with Crippen molar-refractivity contribution in [3.63, 3.8) is 0 Å². The molecule has 0 saturated heterocycles. The second kappa shape index (κ2) is 4.73. The fraction of sp³-hybridized carbons (Fsp3) is 0. The van der Waals surface area contributed by atoms with Crippen molar-refractivity contribution in [1.82, 2.24) is 4.98 Å². The molecule has 0 N–H and O–H groups in total. The Balaban J connectivity index is 2.09. The largest absolute Gasteiger partial charge is 0.235 e. The van der Waals surface area contributed by atoms with E-state index in [-0.39, 0.29) is 0 Å². The number of hydrogen-bond donors (Lipinski definition) is 0. The van der Waals surface area contributed by atoms with Gasteiger partial charge in [0.05, 0.1) is 15.8 Å². The van der Waals surface area contributed by atoms with Gasteiger partial charge in [-0.15, -0.1) is 11.3 Å². The Morgan fingerprint density at radius 1 is 1.28 bits per heavy atom. The van der Waals surface area contributed by atoms with E-state index in [2.05, 4.69) is 11.1 Å². The zero-order chi connectivity index (χ0) is 12.4. The van der Waals surface area contributed by atoms with Gasteiger partial charge in [0.2, 0.25) is 0 Å². The standard InChI is InChI=1S/C14H8N2S2/c15-8-11(7-10-5-6-17-9-10)14-16-12-3-1-2-4-13(12)18-14/h1-7,9H/b11-7-. The molecule has 86 valence electrons. The van der Waals surface area contributed by atoms with Crippen molar-refractivity contribution in [3.8, 4) is 6.07 Å². The first-order valence-electron chi connectivity index (χ1n) is 5.37. The molecule has 0 aliphatic carbocycles. The number of aromatic nitrogens is 1. The summed E-state index contributed by atoms with van der Waals surface area (Å²) in [6.45, 7) is 0. The number of nitriles is 1. The minimum absolute atomic E-state index is 0.620. The third-order valence-corrected chi connectivity index (χ3v) is 4.27. The molecule has 0 fully saturated rings. The SMILES string of the molecule is N#C/C(=C/c1ccsc1)c1nc2ccccc2s1. The molecule has 0 aliphatic rings. The van der Waals surface area contributed by atoms with E-state index in [1.54, 1.807) is 22.7 Å². The molecule has 2 heterocycles. The number of rotatable bonds is 2. The molecule has 2 aromatic heterocycles. The first-order valence-corrected chi connectivity index (χ1v) is 7.13. The fourth-order valence-corrected chi connectivity index (χ4v) is 3.20. The molecule has 18 heavy (non-hydrogen) atoms. The molecular weight excluding hydrogens is 260 g/mol. The Kier molecular flexibility index (Phi) is 2.93. The van der Waals surface area contributed by atoms with Crippen LogP contribution in [-0.2, 0) is 0 Å². The van der Waals surface area contributed by atoms with Crippen LogP contribution in [0.2, 0.25) is 0 Å². The summed E-state index contributed by atoms with van der Waals surface area (Å²) < 4.78 is 1.11. The third kappa shape index (κ3) is 2.06. The van der Waals surface area contributed by atoms with E-state index in [9.17, 15) is 5.26 Å². The van der Waals surface area contributed by atoms with Crippen LogP contribution in [0.3, 0.4) is 0 Å². The average molecular weight is 268 g/mol. The molecule has 0 spiro atoms. The molecule has 4 heteroatoms. The maximum Gasteiger partial charge on any atom is 0.135 e. The van der Waals surface area contributed by atoms with Crippen LogP contribution in [0.4, 0.5) is 0 Å². The van der Waals surface area contributed by atoms with E-state index in [1.165, 1.54) is 0 Å². The van der Waals surface area contributed by atoms with Crippen molar-refractivity contribution in [2.75, 3.05) is 0 Å². The second-order valence-corrected chi connectivity index (χ2v) is 5.52. The highest BCUT2D eigenvalue weighted by atomic mass is 32.1. The Labute approximate surface area is 112 Å². The van der Waals surface area contributed by atoms with Gasteiger partial charge >= 0.3 is 0 Å².